The molecular weight excluding hydrogens is 138 g/mol. The van der Waals surface area contributed by atoms with E-state index in [1.165, 1.54) is 0 Å². The average molecular weight is 145 g/mol. The van der Waals surface area contributed by atoms with Crippen LogP contribution < -0.4 is 29.6 Å². The summed E-state index contributed by atoms with van der Waals surface area (Å²) in [5.41, 5.74) is -0.588. The van der Waals surface area contributed by atoms with E-state index in [2.05, 4.69) is 0 Å². The monoisotopic (exact) mass is 145 g/mol. The smallest absolute Gasteiger partial charge is 1.00 e. The normalized spacial score (nSPS) is 9.50. The topological polar surface area (TPSA) is 54.4 Å². The summed E-state index contributed by atoms with van der Waals surface area (Å²) < 4.78 is 9.73. The maximum atomic E-state index is 9.98. The molecule has 0 rings (SSSR count). The van der Waals surface area contributed by atoms with Gasteiger partial charge in [0.15, 0.2) is 0 Å². The van der Waals surface area contributed by atoms with Crippen LogP contribution in [0, 0.1) is 0 Å². The van der Waals surface area contributed by atoms with Crippen LogP contribution in [0.4, 0.5) is 0 Å². The van der Waals surface area contributed by atoms with E-state index in [9.17, 15) is 9.36 Å². The van der Waals surface area contributed by atoms with Gasteiger partial charge in [0.2, 0.25) is 0 Å². The molecule has 0 radical (unpaired) electrons. The largest absolute Gasteiger partial charge is 1.00 e. The Bertz CT molecular complexity index is 107. The Morgan fingerprint density at radius 3 is 2.25 bits per heavy atom. The molecule has 0 amide bonds. The first-order valence-electron chi connectivity index (χ1n) is 1.87. The molecule has 0 aromatic carbocycles. The van der Waals surface area contributed by atoms with Crippen molar-refractivity contribution in [3.8, 4) is 0 Å². The van der Waals surface area contributed by atoms with Crippen LogP contribution in [0.2, 0.25) is 0 Å². The molecule has 1 unspecified atom stereocenters. The molecule has 0 heterocycles. The fourth-order valence-electron chi connectivity index (χ4n) is 0.135. The molecule has 0 saturated carbocycles. The van der Waals surface area contributed by atoms with Crippen molar-refractivity contribution in [1.29, 1.82) is 0 Å². The van der Waals surface area contributed by atoms with Crippen molar-refractivity contribution in [2.24, 2.45) is 0 Å². The van der Waals surface area contributed by atoms with Gasteiger partial charge in [0.05, 0.1) is 6.42 Å². The summed E-state index contributed by atoms with van der Waals surface area (Å²) in [7, 11) is -2.55. The van der Waals surface area contributed by atoms with Gasteiger partial charge in [-0.05, 0) is 4.57 Å². The molecule has 0 aromatic heterocycles. The molecule has 0 aliphatic rings. The molecular formula is C3H7NaO3P+. The maximum absolute atomic E-state index is 9.98. The third-order valence-electron chi connectivity index (χ3n) is 0.516. The van der Waals surface area contributed by atoms with Gasteiger partial charge in [0, 0.05) is 0 Å². The third-order valence-corrected chi connectivity index (χ3v) is 1.26. The third kappa shape index (κ3) is 4.88. The number of carbonyl (C=O) groups excluding carboxylic acids is 1. The molecule has 42 valence electrons. The van der Waals surface area contributed by atoms with Crippen molar-refractivity contribution in [1.82, 2.24) is 0 Å². The van der Waals surface area contributed by atoms with Gasteiger partial charge in [-0.15, -0.1) is 0 Å². The van der Waals surface area contributed by atoms with E-state index >= 15 is 0 Å². The van der Waals surface area contributed by atoms with Crippen LogP contribution in [-0.2, 0) is 9.36 Å². The minimum Gasteiger partial charge on any atom is -1.00 e. The van der Waals surface area contributed by atoms with E-state index in [-0.39, 0.29) is 37.4 Å². The van der Waals surface area contributed by atoms with Crippen molar-refractivity contribution >= 4 is 13.6 Å². The molecule has 0 fully saturated rings. The van der Waals surface area contributed by atoms with Crippen LogP contribution in [0.25, 0.3) is 0 Å². The molecule has 0 saturated heterocycles. The predicted octanol–water partition coefficient (Wildman–Crippen LogP) is -2.23. The number of hydrogen-bond acceptors (Lipinski definition) is 2. The van der Waals surface area contributed by atoms with Gasteiger partial charge < -0.3 is 1.43 Å². The quantitative estimate of drug-likeness (QED) is 0.353. The van der Waals surface area contributed by atoms with E-state index in [0.717, 1.165) is 0 Å². The Hall–Kier alpha value is 0.730. The van der Waals surface area contributed by atoms with Crippen LogP contribution in [-0.4, -0.2) is 10.4 Å². The Labute approximate surface area is 72.1 Å². The molecule has 0 aromatic rings. The Kier molecular flexibility index (Phi) is 8.44. The second-order valence-electron chi connectivity index (χ2n) is 1.02. The second kappa shape index (κ2) is 5.86. The van der Waals surface area contributed by atoms with Crippen LogP contribution in [0.1, 0.15) is 14.8 Å². The molecule has 1 N–H and O–H groups in total. The summed E-state index contributed by atoms with van der Waals surface area (Å²) in [5.74, 6) is 0. The van der Waals surface area contributed by atoms with Crippen molar-refractivity contribution in [2.75, 3.05) is 0 Å². The Morgan fingerprint density at radius 2 is 2.25 bits per heavy atom. The first kappa shape index (κ1) is 11.5. The van der Waals surface area contributed by atoms with E-state index in [1.54, 1.807) is 6.92 Å². The SMILES string of the molecule is CCC(=O)[P+](=O)O.[H-].[Na+]. The van der Waals surface area contributed by atoms with Crippen LogP contribution in [0.3, 0.4) is 0 Å². The van der Waals surface area contributed by atoms with Gasteiger partial charge in [-0.25, -0.2) is 4.79 Å². The molecule has 1 atom stereocenters. The van der Waals surface area contributed by atoms with Crippen LogP contribution in [0.15, 0.2) is 0 Å². The Morgan fingerprint density at radius 1 is 1.88 bits per heavy atom. The molecule has 0 aliphatic heterocycles. The second-order valence-corrected chi connectivity index (χ2v) is 2.06. The van der Waals surface area contributed by atoms with Gasteiger partial charge in [0.1, 0.15) is 0 Å². The zero-order chi connectivity index (χ0) is 5.86. The van der Waals surface area contributed by atoms with Crippen LogP contribution in [0.5, 0.6) is 0 Å². The maximum Gasteiger partial charge on any atom is 1.00 e. The molecule has 5 heteroatoms. The summed E-state index contributed by atoms with van der Waals surface area (Å²) in [6.07, 6.45) is 0.145. The molecule has 0 bridgehead atoms. The zero-order valence-corrected chi connectivity index (χ0v) is 7.81. The number of hydrogen-bond donors (Lipinski definition) is 1. The predicted molar refractivity (Wildman–Crippen MR) is 26.2 cm³/mol. The number of carbonyl (C=O) groups is 1. The van der Waals surface area contributed by atoms with Gasteiger partial charge >= 0.3 is 43.1 Å². The molecule has 3 nitrogen and oxygen atoms in total. The summed E-state index contributed by atoms with van der Waals surface area (Å²) in [4.78, 5) is 18.0. The van der Waals surface area contributed by atoms with Crippen LogP contribution >= 0.6 is 8.03 Å². The fourth-order valence-corrected chi connectivity index (χ4v) is 0.406. The molecule has 8 heavy (non-hydrogen) atoms. The van der Waals surface area contributed by atoms with Gasteiger partial charge in [-0.3, -0.25) is 0 Å². The number of rotatable bonds is 2. The first-order chi connectivity index (χ1) is 3.18. The fraction of sp³-hybridized carbons (Fsp3) is 0.667. The van der Waals surface area contributed by atoms with Crippen molar-refractivity contribution in [2.45, 2.75) is 13.3 Å². The van der Waals surface area contributed by atoms with Gasteiger partial charge in [0.25, 0.3) is 0 Å². The minimum absolute atomic E-state index is 0. The molecule has 0 aliphatic carbocycles. The van der Waals surface area contributed by atoms with E-state index in [1.807, 2.05) is 0 Å². The summed E-state index contributed by atoms with van der Waals surface area (Å²) in [6.45, 7) is 1.55. The summed E-state index contributed by atoms with van der Waals surface area (Å²) in [5, 5.41) is 0. The van der Waals surface area contributed by atoms with E-state index < -0.39 is 13.6 Å². The minimum atomic E-state index is -2.55. The molecule has 0 spiro atoms. The zero-order valence-electron chi connectivity index (χ0n) is 5.92. The van der Waals surface area contributed by atoms with Crippen molar-refractivity contribution < 1.29 is 45.2 Å². The average Bonchev–Trinajstić information content (AvgIpc) is 1.65. The Balaban J connectivity index is -0.000000180. The van der Waals surface area contributed by atoms with E-state index in [4.69, 9.17) is 4.89 Å². The standard InChI is InChI=1S/C3H5O3P.Na.H/c1-2-3(4)7(5)6;;/h2H2,1H3;;/q;+1;-1/p+1. The first-order valence-corrected chi connectivity index (χ1v) is 3.08. The van der Waals surface area contributed by atoms with Gasteiger partial charge in [-0.2, -0.15) is 4.89 Å². The summed E-state index contributed by atoms with van der Waals surface area (Å²) in [6, 6.07) is 0. The van der Waals surface area contributed by atoms with Crippen molar-refractivity contribution in [3.05, 3.63) is 0 Å². The van der Waals surface area contributed by atoms with Gasteiger partial charge in [-0.1, -0.05) is 6.92 Å². The summed E-state index contributed by atoms with van der Waals surface area (Å²) >= 11 is 0. The van der Waals surface area contributed by atoms with Crippen molar-refractivity contribution in [3.63, 3.8) is 0 Å². The van der Waals surface area contributed by atoms with E-state index in [0.29, 0.717) is 0 Å².